The van der Waals surface area contributed by atoms with Crippen LogP contribution < -0.4 is 0 Å². The predicted molar refractivity (Wildman–Crippen MR) is 51.1 cm³/mol. The van der Waals surface area contributed by atoms with Crippen molar-refractivity contribution in [2.45, 2.75) is 39.2 Å². The van der Waals surface area contributed by atoms with Gasteiger partial charge in [0.15, 0.2) is 0 Å². The SMILES string of the molecule is CCC1CCCN(C[C@@H](C)O)C1. The second kappa shape index (κ2) is 4.83. The summed E-state index contributed by atoms with van der Waals surface area (Å²) < 4.78 is 0. The van der Waals surface area contributed by atoms with Crippen LogP contribution in [0.4, 0.5) is 0 Å². The van der Waals surface area contributed by atoms with Crippen LogP contribution in [-0.2, 0) is 0 Å². The molecule has 2 heteroatoms. The molecule has 0 bridgehead atoms. The second-order valence-electron chi connectivity index (χ2n) is 4.03. The normalized spacial score (nSPS) is 28.8. The molecule has 1 aliphatic rings. The zero-order valence-electron chi connectivity index (χ0n) is 8.29. The van der Waals surface area contributed by atoms with E-state index in [1.165, 1.54) is 32.4 Å². The zero-order chi connectivity index (χ0) is 8.97. The molecule has 0 amide bonds. The fourth-order valence-corrected chi connectivity index (χ4v) is 2.02. The van der Waals surface area contributed by atoms with Crippen molar-refractivity contribution in [1.82, 2.24) is 4.90 Å². The molecule has 0 aliphatic carbocycles. The number of piperidine rings is 1. The first-order chi connectivity index (χ1) is 5.72. The summed E-state index contributed by atoms with van der Waals surface area (Å²) in [7, 11) is 0. The molecule has 0 spiro atoms. The topological polar surface area (TPSA) is 23.5 Å². The van der Waals surface area contributed by atoms with Gasteiger partial charge in [0.25, 0.3) is 0 Å². The van der Waals surface area contributed by atoms with Crippen LogP contribution in [0, 0.1) is 5.92 Å². The minimum atomic E-state index is -0.166. The molecule has 1 saturated heterocycles. The molecule has 0 aromatic heterocycles. The Morgan fingerprint density at radius 2 is 2.33 bits per heavy atom. The van der Waals surface area contributed by atoms with E-state index in [0.717, 1.165) is 12.5 Å². The van der Waals surface area contributed by atoms with Crippen LogP contribution in [0.25, 0.3) is 0 Å². The van der Waals surface area contributed by atoms with Crippen molar-refractivity contribution in [1.29, 1.82) is 0 Å². The van der Waals surface area contributed by atoms with Crippen molar-refractivity contribution in [2.24, 2.45) is 5.92 Å². The van der Waals surface area contributed by atoms with Gasteiger partial charge in [-0.05, 0) is 32.2 Å². The number of hydrogen-bond donors (Lipinski definition) is 1. The third-order valence-electron chi connectivity index (χ3n) is 2.70. The van der Waals surface area contributed by atoms with E-state index in [0.29, 0.717) is 0 Å². The summed E-state index contributed by atoms with van der Waals surface area (Å²) in [6.45, 7) is 7.37. The third kappa shape index (κ3) is 3.11. The molecular formula is C10H21NO. The van der Waals surface area contributed by atoms with Crippen molar-refractivity contribution in [3.63, 3.8) is 0 Å². The van der Waals surface area contributed by atoms with E-state index in [-0.39, 0.29) is 6.10 Å². The average Bonchev–Trinajstić information content (AvgIpc) is 2.03. The monoisotopic (exact) mass is 171 g/mol. The van der Waals surface area contributed by atoms with Gasteiger partial charge in [0.05, 0.1) is 6.10 Å². The highest BCUT2D eigenvalue weighted by molar-refractivity contribution is 4.72. The van der Waals surface area contributed by atoms with Gasteiger partial charge in [-0.15, -0.1) is 0 Å². The predicted octanol–water partition coefficient (Wildman–Crippen LogP) is 1.49. The molecule has 0 radical (unpaired) electrons. The Labute approximate surface area is 75.6 Å². The molecular weight excluding hydrogens is 150 g/mol. The quantitative estimate of drug-likeness (QED) is 0.695. The fraction of sp³-hybridized carbons (Fsp3) is 1.00. The Bertz CT molecular complexity index is 125. The zero-order valence-corrected chi connectivity index (χ0v) is 8.29. The first-order valence-electron chi connectivity index (χ1n) is 5.12. The first-order valence-corrected chi connectivity index (χ1v) is 5.12. The molecule has 72 valence electrons. The summed E-state index contributed by atoms with van der Waals surface area (Å²) >= 11 is 0. The van der Waals surface area contributed by atoms with Crippen molar-refractivity contribution in [3.05, 3.63) is 0 Å². The van der Waals surface area contributed by atoms with Crippen LogP contribution in [0.1, 0.15) is 33.1 Å². The molecule has 0 aromatic rings. The lowest BCUT2D eigenvalue weighted by molar-refractivity contribution is 0.0939. The standard InChI is InChI=1S/C10H21NO/c1-3-10-5-4-6-11(8-10)7-9(2)12/h9-10,12H,3-8H2,1-2H3/t9-,10?/m1/s1. The molecule has 2 atom stereocenters. The number of aliphatic hydroxyl groups excluding tert-OH is 1. The summed E-state index contributed by atoms with van der Waals surface area (Å²) in [5, 5.41) is 9.22. The summed E-state index contributed by atoms with van der Waals surface area (Å²) in [5.41, 5.74) is 0. The molecule has 1 rings (SSSR count). The summed E-state index contributed by atoms with van der Waals surface area (Å²) in [6, 6.07) is 0. The largest absolute Gasteiger partial charge is 0.392 e. The number of β-amino-alcohol motifs (C(OH)–C–C–N with tert-alkyl or cyclic N) is 1. The minimum absolute atomic E-state index is 0.166. The molecule has 1 heterocycles. The Balaban J connectivity index is 2.25. The van der Waals surface area contributed by atoms with Gasteiger partial charge < -0.3 is 10.0 Å². The lowest BCUT2D eigenvalue weighted by atomic mass is 9.95. The molecule has 2 nitrogen and oxygen atoms in total. The van der Waals surface area contributed by atoms with E-state index in [9.17, 15) is 5.11 Å². The van der Waals surface area contributed by atoms with E-state index < -0.39 is 0 Å². The van der Waals surface area contributed by atoms with E-state index in [1.54, 1.807) is 0 Å². The van der Waals surface area contributed by atoms with Crippen LogP contribution in [-0.4, -0.2) is 35.7 Å². The second-order valence-corrected chi connectivity index (χ2v) is 4.03. The maximum Gasteiger partial charge on any atom is 0.0639 e. The van der Waals surface area contributed by atoms with E-state index in [2.05, 4.69) is 11.8 Å². The van der Waals surface area contributed by atoms with Crippen LogP contribution in [0.2, 0.25) is 0 Å². The summed E-state index contributed by atoms with van der Waals surface area (Å²) in [5.74, 6) is 0.873. The van der Waals surface area contributed by atoms with E-state index >= 15 is 0 Å². The van der Waals surface area contributed by atoms with E-state index in [1.807, 2.05) is 6.92 Å². The van der Waals surface area contributed by atoms with E-state index in [4.69, 9.17) is 0 Å². The van der Waals surface area contributed by atoms with Crippen molar-refractivity contribution >= 4 is 0 Å². The fourth-order valence-electron chi connectivity index (χ4n) is 2.02. The highest BCUT2D eigenvalue weighted by Gasteiger charge is 2.18. The number of aliphatic hydroxyl groups is 1. The van der Waals surface area contributed by atoms with Gasteiger partial charge in [-0.1, -0.05) is 13.3 Å². The highest BCUT2D eigenvalue weighted by Crippen LogP contribution is 2.18. The maximum atomic E-state index is 9.22. The lowest BCUT2D eigenvalue weighted by Gasteiger charge is -2.32. The smallest absolute Gasteiger partial charge is 0.0639 e. The van der Waals surface area contributed by atoms with Gasteiger partial charge in [0.1, 0.15) is 0 Å². The molecule has 12 heavy (non-hydrogen) atoms. The van der Waals surface area contributed by atoms with Crippen molar-refractivity contribution in [3.8, 4) is 0 Å². The third-order valence-corrected chi connectivity index (χ3v) is 2.70. The molecule has 1 N–H and O–H groups in total. The number of likely N-dealkylation sites (tertiary alicyclic amines) is 1. The van der Waals surface area contributed by atoms with Crippen LogP contribution in [0.5, 0.6) is 0 Å². The van der Waals surface area contributed by atoms with Crippen molar-refractivity contribution < 1.29 is 5.11 Å². The molecule has 1 fully saturated rings. The number of nitrogens with zero attached hydrogens (tertiary/aromatic N) is 1. The Kier molecular flexibility index (Phi) is 4.02. The summed E-state index contributed by atoms with van der Waals surface area (Å²) in [6.07, 6.45) is 3.81. The minimum Gasteiger partial charge on any atom is -0.392 e. The van der Waals surface area contributed by atoms with Gasteiger partial charge in [-0.3, -0.25) is 0 Å². The lowest BCUT2D eigenvalue weighted by Crippen LogP contribution is -2.39. The molecule has 1 unspecified atom stereocenters. The van der Waals surface area contributed by atoms with Crippen LogP contribution in [0.15, 0.2) is 0 Å². The highest BCUT2D eigenvalue weighted by atomic mass is 16.3. The number of hydrogen-bond acceptors (Lipinski definition) is 2. The summed E-state index contributed by atoms with van der Waals surface area (Å²) in [4.78, 5) is 2.39. The molecule has 0 saturated carbocycles. The van der Waals surface area contributed by atoms with Crippen LogP contribution >= 0.6 is 0 Å². The van der Waals surface area contributed by atoms with Crippen LogP contribution in [0.3, 0.4) is 0 Å². The van der Waals surface area contributed by atoms with Gasteiger partial charge in [0.2, 0.25) is 0 Å². The van der Waals surface area contributed by atoms with Crippen molar-refractivity contribution in [2.75, 3.05) is 19.6 Å². The van der Waals surface area contributed by atoms with Gasteiger partial charge >= 0.3 is 0 Å². The van der Waals surface area contributed by atoms with Gasteiger partial charge in [0, 0.05) is 13.1 Å². The van der Waals surface area contributed by atoms with Gasteiger partial charge in [-0.2, -0.15) is 0 Å². The Morgan fingerprint density at radius 3 is 2.92 bits per heavy atom. The Hall–Kier alpha value is -0.0800. The Morgan fingerprint density at radius 1 is 1.58 bits per heavy atom. The average molecular weight is 171 g/mol. The molecule has 1 aliphatic heterocycles. The number of rotatable bonds is 3. The maximum absolute atomic E-state index is 9.22. The molecule has 0 aromatic carbocycles. The van der Waals surface area contributed by atoms with Gasteiger partial charge in [-0.25, -0.2) is 0 Å². The first kappa shape index (κ1) is 10.0.